The molecular formula is C12H21ClO. The van der Waals surface area contributed by atoms with Crippen molar-refractivity contribution in [2.24, 2.45) is 17.3 Å². The second-order valence-corrected chi connectivity index (χ2v) is 5.73. The molecule has 2 unspecified atom stereocenters. The predicted octanol–water partition coefficient (Wildman–Crippen LogP) is 3.46. The Balaban J connectivity index is 1.76. The van der Waals surface area contributed by atoms with E-state index in [0.717, 1.165) is 24.3 Å². The molecule has 0 saturated heterocycles. The van der Waals surface area contributed by atoms with Gasteiger partial charge in [-0.25, -0.2) is 0 Å². The van der Waals surface area contributed by atoms with Gasteiger partial charge in [0.05, 0.1) is 6.10 Å². The quantitative estimate of drug-likeness (QED) is 0.640. The number of ether oxygens (including phenoxy) is 1. The van der Waals surface area contributed by atoms with E-state index < -0.39 is 0 Å². The van der Waals surface area contributed by atoms with Crippen molar-refractivity contribution in [3.05, 3.63) is 0 Å². The second kappa shape index (κ2) is 4.02. The van der Waals surface area contributed by atoms with E-state index in [1.165, 1.54) is 25.7 Å². The molecule has 14 heavy (non-hydrogen) atoms. The molecule has 0 amide bonds. The third-order valence-electron chi connectivity index (χ3n) is 3.83. The SMILES string of the molecule is CC(C)OCCC1(CCl)CC2CC2C1. The van der Waals surface area contributed by atoms with Crippen LogP contribution < -0.4 is 0 Å². The van der Waals surface area contributed by atoms with Gasteiger partial charge in [0.2, 0.25) is 0 Å². The molecule has 2 saturated carbocycles. The summed E-state index contributed by atoms with van der Waals surface area (Å²) in [6.07, 6.45) is 5.73. The van der Waals surface area contributed by atoms with Crippen molar-refractivity contribution in [2.75, 3.05) is 12.5 Å². The van der Waals surface area contributed by atoms with Gasteiger partial charge < -0.3 is 4.74 Å². The summed E-state index contributed by atoms with van der Waals surface area (Å²) in [5.41, 5.74) is 0.435. The molecule has 0 bridgehead atoms. The topological polar surface area (TPSA) is 9.23 Å². The van der Waals surface area contributed by atoms with Gasteiger partial charge in [0.1, 0.15) is 0 Å². The van der Waals surface area contributed by atoms with E-state index in [9.17, 15) is 0 Å². The summed E-state index contributed by atoms with van der Waals surface area (Å²) in [5.74, 6) is 2.88. The first-order valence-corrected chi connectivity index (χ1v) is 6.36. The van der Waals surface area contributed by atoms with Crippen LogP contribution in [0, 0.1) is 17.3 Å². The van der Waals surface area contributed by atoms with Gasteiger partial charge >= 0.3 is 0 Å². The Morgan fingerprint density at radius 3 is 2.50 bits per heavy atom. The molecule has 0 N–H and O–H groups in total. The highest BCUT2D eigenvalue weighted by Crippen LogP contribution is 2.61. The summed E-state index contributed by atoms with van der Waals surface area (Å²) in [6, 6.07) is 0. The Morgan fingerprint density at radius 1 is 1.36 bits per heavy atom. The first-order valence-electron chi connectivity index (χ1n) is 5.83. The number of hydrogen-bond donors (Lipinski definition) is 0. The zero-order valence-electron chi connectivity index (χ0n) is 9.26. The third kappa shape index (κ3) is 2.25. The van der Waals surface area contributed by atoms with E-state index >= 15 is 0 Å². The van der Waals surface area contributed by atoms with Crippen molar-refractivity contribution < 1.29 is 4.74 Å². The molecule has 0 radical (unpaired) electrons. The number of alkyl halides is 1. The van der Waals surface area contributed by atoms with Crippen molar-refractivity contribution >= 4 is 11.6 Å². The fourth-order valence-corrected chi connectivity index (χ4v) is 3.25. The molecule has 0 heterocycles. The van der Waals surface area contributed by atoms with Crippen LogP contribution in [0.1, 0.15) is 39.5 Å². The Labute approximate surface area is 92.2 Å². The lowest BCUT2D eigenvalue weighted by Gasteiger charge is -2.28. The van der Waals surface area contributed by atoms with Crippen molar-refractivity contribution in [1.29, 1.82) is 0 Å². The van der Waals surface area contributed by atoms with E-state index in [1.54, 1.807) is 0 Å². The van der Waals surface area contributed by atoms with Gasteiger partial charge in [-0.15, -0.1) is 11.6 Å². The fourth-order valence-electron chi connectivity index (χ4n) is 2.90. The number of hydrogen-bond acceptors (Lipinski definition) is 1. The molecule has 0 spiro atoms. The minimum Gasteiger partial charge on any atom is -0.379 e. The number of rotatable bonds is 5. The molecule has 2 heteroatoms. The smallest absolute Gasteiger partial charge is 0.0518 e. The van der Waals surface area contributed by atoms with Gasteiger partial charge in [-0.05, 0) is 56.8 Å². The molecule has 2 atom stereocenters. The molecule has 2 aliphatic rings. The molecule has 1 nitrogen and oxygen atoms in total. The van der Waals surface area contributed by atoms with Gasteiger partial charge in [-0.1, -0.05) is 0 Å². The maximum atomic E-state index is 6.11. The molecule has 0 aromatic heterocycles. The first-order chi connectivity index (χ1) is 6.65. The summed E-state index contributed by atoms with van der Waals surface area (Å²) >= 11 is 6.11. The average molecular weight is 217 g/mol. The molecular weight excluding hydrogens is 196 g/mol. The maximum absolute atomic E-state index is 6.11. The minimum atomic E-state index is 0.360. The van der Waals surface area contributed by atoms with Crippen LogP contribution in [0.2, 0.25) is 0 Å². The van der Waals surface area contributed by atoms with Crippen LogP contribution in [-0.4, -0.2) is 18.6 Å². The number of halogens is 1. The van der Waals surface area contributed by atoms with Gasteiger partial charge in [-0.2, -0.15) is 0 Å². The molecule has 2 fully saturated rings. The van der Waals surface area contributed by atoms with Crippen molar-refractivity contribution in [3.63, 3.8) is 0 Å². The Hall–Kier alpha value is 0.250. The minimum absolute atomic E-state index is 0.360. The Bertz CT molecular complexity index is 192. The molecule has 0 aliphatic heterocycles. The summed E-state index contributed by atoms with van der Waals surface area (Å²) in [4.78, 5) is 0. The zero-order valence-corrected chi connectivity index (χ0v) is 10.0. The van der Waals surface area contributed by atoms with Crippen molar-refractivity contribution in [3.8, 4) is 0 Å². The molecule has 82 valence electrons. The highest BCUT2D eigenvalue weighted by molar-refractivity contribution is 6.18. The fraction of sp³-hybridized carbons (Fsp3) is 1.00. The largest absolute Gasteiger partial charge is 0.379 e. The van der Waals surface area contributed by atoms with Crippen LogP contribution in [0.4, 0.5) is 0 Å². The summed E-state index contributed by atoms with van der Waals surface area (Å²) in [7, 11) is 0. The van der Waals surface area contributed by atoms with Crippen molar-refractivity contribution in [2.45, 2.75) is 45.6 Å². The van der Waals surface area contributed by atoms with Crippen LogP contribution in [0.5, 0.6) is 0 Å². The molecule has 2 rings (SSSR count). The van der Waals surface area contributed by atoms with Crippen LogP contribution in [0.3, 0.4) is 0 Å². The highest BCUT2D eigenvalue weighted by atomic mass is 35.5. The lowest BCUT2D eigenvalue weighted by Crippen LogP contribution is -2.23. The molecule has 0 aromatic carbocycles. The predicted molar refractivity (Wildman–Crippen MR) is 59.7 cm³/mol. The lowest BCUT2D eigenvalue weighted by atomic mass is 9.82. The Kier molecular flexibility index (Phi) is 3.09. The average Bonchev–Trinajstić information content (AvgIpc) is 2.74. The van der Waals surface area contributed by atoms with E-state index in [4.69, 9.17) is 16.3 Å². The third-order valence-corrected chi connectivity index (χ3v) is 4.39. The Morgan fingerprint density at radius 2 is 2.00 bits per heavy atom. The van der Waals surface area contributed by atoms with E-state index in [2.05, 4.69) is 13.8 Å². The standard InChI is InChI=1S/C12H21ClO/c1-9(2)14-4-3-12(8-13)6-10-5-11(10)7-12/h9-11H,3-8H2,1-2H3. The second-order valence-electron chi connectivity index (χ2n) is 5.47. The molecule has 2 aliphatic carbocycles. The normalized spacial score (nSPS) is 40.3. The van der Waals surface area contributed by atoms with Crippen molar-refractivity contribution in [1.82, 2.24) is 0 Å². The summed E-state index contributed by atoms with van der Waals surface area (Å²) in [5, 5.41) is 0. The van der Waals surface area contributed by atoms with E-state index in [-0.39, 0.29) is 0 Å². The van der Waals surface area contributed by atoms with Crippen LogP contribution in [0.25, 0.3) is 0 Å². The summed E-state index contributed by atoms with van der Waals surface area (Å²) < 4.78 is 5.62. The van der Waals surface area contributed by atoms with Gasteiger partial charge in [0, 0.05) is 12.5 Å². The van der Waals surface area contributed by atoms with Gasteiger partial charge in [0.25, 0.3) is 0 Å². The molecule has 0 aromatic rings. The van der Waals surface area contributed by atoms with Crippen LogP contribution in [0.15, 0.2) is 0 Å². The van der Waals surface area contributed by atoms with Crippen LogP contribution in [-0.2, 0) is 4.74 Å². The van der Waals surface area contributed by atoms with Gasteiger partial charge in [-0.3, -0.25) is 0 Å². The zero-order chi connectivity index (χ0) is 10.2. The van der Waals surface area contributed by atoms with E-state index in [0.29, 0.717) is 11.5 Å². The monoisotopic (exact) mass is 216 g/mol. The first kappa shape index (κ1) is 10.8. The number of fused-ring (bicyclic) bond motifs is 1. The van der Waals surface area contributed by atoms with E-state index in [1.807, 2.05) is 0 Å². The highest BCUT2D eigenvalue weighted by Gasteiger charge is 2.52. The van der Waals surface area contributed by atoms with Gasteiger partial charge in [0.15, 0.2) is 0 Å². The lowest BCUT2D eigenvalue weighted by molar-refractivity contribution is 0.0536. The van der Waals surface area contributed by atoms with Crippen LogP contribution >= 0.6 is 11.6 Å². The maximum Gasteiger partial charge on any atom is 0.0518 e. The summed E-state index contributed by atoms with van der Waals surface area (Å²) in [6.45, 7) is 5.09.